The molecule has 0 spiro atoms. The third-order valence-corrected chi connectivity index (χ3v) is 3.78. The minimum atomic E-state index is -0.204. The number of hydrogen-bond acceptors (Lipinski definition) is 2. The zero-order valence-electron chi connectivity index (χ0n) is 10.3. The molecule has 0 saturated heterocycles. The van der Waals surface area contributed by atoms with Gasteiger partial charge < -0.3 is 5.73 Å². The molecule has 0 heterocycles. The Kier molecular flexibility index (Phi) is 4.39. The summed E-state index contributed by atoms with van der Waals surface area (Å²) in [6, 6.07) is 14.8. The Morgan fingerprint density at radius 1 is 1.11 bits per heavy atom. The molecule has 1 nitrogen and oxygen atoms in total. The summed E-state index contributed by atoms with van der Waals surface area (Å²) < 4.78 is 13.1. The number of rotatable bonds is 4. The van der Waals surface area contributed by atoms with Crippen molar-refractivity contribution in [1.82, 2.24) is 0 Å². The van der Waals surface area contributed by atoms with E-state index in [0.717, 1.165) is 21.8 Å². The van der Waals surface area contributed by atoms with Gasteiger partial charge in [-0.3, -0.25) is 0 Å². The highest BCUT2D eigenvalue weighted by atomic mass is 32.2. The number of benzene rings is 2. The lowest BCUT2D eigenvalue weighted by atomic mass is 10.1. The average molecular weight is 261 g/mol. The van der Waals surface area contributed by atoms with E-state index in [0.29, 0.717) is 0 Å². The highest BCUT2D eigenvalue weighted by molar-refractivity contribution is 7.99. The van der Waals surface area contributed by atoms with Crippen molar-refractivity contribution in [3.05, 3.63) is 59.9 Å². The summed E-state index contributed by atoms with van der Waals surface area (Å²) >= 11 is 1.55. The molecule has 2 aromatic carbocycles. The fraction of sp³-hybridized carbons (Fsp3) is 0.200. The maximum atomic E-state index is 13.1. The van der Waals surface area contributed by atoms with E-state index >= 15 is 0 Å². The van der Waals surface area contributed by atoms with Gasteiger partial charge in [0.15, 0.2) is 0 Å². The second kappa shape index (κ2) is 6.03. The predicted molar refractivity (Wildman–Crippen MR) is 74.2 cm³/mol. The minimum absolute atomic E-state index is 0.0956. The highest BCUT2D eigenvalue weighted by Gasteiger charge is 2.03. The summed E-state index contributed by atoms with van der Waals surface area (Å²) in [6.45, 7) is 2.07. The van der Waals surface area contributed by atoms with Crippen molar-refractivity contribution in [1.29, 1.82) is 0 Å². The smallest absolute Gasteiger partial charge is 0.124 e. The summed E-state index contributed by atoms with van der Waals surface area (Å²) in [4.78, 5) is 2.00. The van der Waals surface area contributed by atoms with Crippen LogP contribution in [0.15, 0.2) is 58.3 Å². The first-order chi connectivity index (χ1) is 8.69. The molecule has 0 aliphatic heterocycles. The molecular formula is C15H16FNS. The Balaban J connectivity index is 2.11. The Hall–Kier alpha value is -1.32. The van der Waals surface area contributed by atoms with Gasteiger partial charge in [-0.25, -0.2) is 4.39 Å². The van der Waals surface area contributed by atoms with E-state index in [1.165, 1.54) is 12.1 Å². The van der Waals surface area contributed by atoms with Crippen molar-refractivity contribution < 1.29 is 4.39 Å². The second-order valence-electron chi connectivity index (χ2n) is 4.14. The zero-order valence-corrected chi connectivity index (χ0v) is 11.1. The van der Waals surface area contributed by atoms with Crippen LogP contribution < -0.4 is 5.73 Å². The normalized spacial score (nSPS) is 12.4. The van der Waals surface area contributed by atoms with E-state index in [4.69, 9.17) is 5.73 Å². The van der Waals surface area contributed by atoms with Crippen molar-refractivity contribution in [3.63, 3.8) is 0 Å². The Morgan fingerprint density at radius 2 is 1.83 bits per heavy atom. The number of nitrogens with two attached hydrogens (primary N) is 1. The maximum Gasteiger partial charge on any atom is 0.124 e. The SMILES string of the molecule is CC[C@H](N)c1ccc(Sc2cccc(F)c2)cc1. The van der Waals surface area contributed by atoms with Crippen LogP contribution in [0.1, 0.15) is 24.9 Å². The molecule has 0 amide bonds. The fourth-order valence-corrected chi connectivity index (χ4v) is 2.55. The summed E-state index contributed by atoms with van der Waals surface area (Å²) in [5.41, 5.74) is 7.10. The van der Waals surface area contributed by atoms with Crippen LogP contribution in [0, 0.1) is 5.82 Å². The van der Waals surface area contributed by atoms with E-state index in [9.17, 15) is 4.39 Å². The lowest BCUT2D eigenvalue weighted by molar-refractivity contribution is 0.624. The Morgan fingerprint density at radius 3 is 2.44 bits per heavy atom. The van der Waals surface area contributed by atoms with E-state index in [1.54, 1.807) is 17.8 Å². The molecular weight excluding hydrogens is 245 g/mol. The monoisotopic (exact) mass is 261 g/mol. The summed E-state index contributed by atoms with van der Waals surface area (Å²) in [5, 5.41) is 0. The standard InChI is InChI=1S/C15H16FNS/c1-2-15(17)11-6-8-13(9-7-11)18-14-5-3-4-12(16)10-14/h3-10,15H,2,17H2,1H3/t15-/m0/s1. The maximum absolute atomic E-state index is 13.1. The quantitative estimate of drug-likeness (QED) is 0.883. The van der Waals surface area contributed by atoms with Crippen LogP contribution in [0.3, 0.4) is 0 Å². The zero-order chi connectivity index (χ0) is 13.0. The molecule has 94 valence electrons. The largest absolute Gasteiger partial charge is 0.324 e. The number of halogens is 1. The highest BCUT2D eigenvalue weighted by Crippen LogP contribution is 2.28. The van der Waals surface area contributed by atoms with Crippen molar-refractivity contribution in [2.75, 3.05) is 0 Å². The summed E-state index contributed by atoms with van der Waals surface area (Å²) in [7, 11) is 0. The topological polar surface area (TPSA) is 26.0 Å². The van der Waals surface area contributed by atoms with E-state index in [2.05, 4.69) is 6.92 Å². The molecule has 0 bridgehead atoms. The van der Waals surface area contributed by atoms with Crippen LogP contribution in [-0.2, 0) is 0 Å². The first-order valence-corrected chi connectivity index (χ1v) is 6.79. The summed E-state index contributed by atoms with van der Waals surface area (Å²) in [5.74, 6) is -0.204. The third-order valence-electron chi connectivity index (χ3n) is 2.78. The molecule has 0 radical (unpaired) electrons. The van der Waals surface area contributed by atoms with Crippen molar-refractivity contribution >= 4 is 11.8 Å². The van der Waals surface area contributed by atoms with Gasteiger partial charge in [0.2, 0.25) is 0 Å². The lowest BCUT2D eigenvalue weighted by Gasteiger charge is -2.09. The molecule has 0 fully saturated rings. The molecule has 0 aliphatic carbocycles. The first-order valence-electron chi connectivity index (χ1n) is 5.98. The minimum Gasteiger partial charge on any atom is -0.324 e. The van der Waals surface area contributed by atoms with Gasteiger partial charge in [-0.1, -0.05) is 36.9 Å². The van der Waals surface area contributed by atoms with Crippen molar-refractivity contribution in [3.8, 4) is 0 Å². The fourth-order valence-electron chi connectivity index (χ4n) is 1.69. The van der Waals surface area contributed by atoms with Crippen LogP contribution in [0.25, 0.3) is 0 Å². The molecule has 3 heteroatoms. The molecule has 2 rings (SSSR count). The van der Waals surface area contributed by atoms with Crippen molar-refractivity contribution in [2.45, 2.75) is 29.2 Å². The first kappa shape index (κ1) is 13.1. The summed E-state index contributed by atoms with van der Waals surface area (Å²) in [6.07, 6.45) is 0.927. The van der Waals surface area contributed by atoms with Gasteiger partial charge in [0.05, 0.1) is 0 Å². The third kappa shape index (κ3) is 3.34. The van der Waals surface area contributed by atoms with Crippen molar-refractivity contribution in [2.24, 2.45) is 5.73 Å². The number of hydrogen-bond donors (Lipinski definition) is 1. The molecule has 2 N–H and O–H groups in total. The van der Waals surface area contributed by atoms with Crippen LogP contribution in [0.5, 0.6) is 0 Å². The van der Waals surface area contributed by atoms with Gasteiger partial charge in [-0.2, -0.15) is 0 Å². The Labute approximate surface area is 111 Å². The Bertz CT molecular complexity index is 510. The molecule has 1 atom stereocenters. The van der Waals surface area contributed by atoms with Crippen LogP contribution in [0.4, 0.5) is 4.39 Å². The van der Waals surface area contributed by atoms with Crippen LogP contribution in [0.2, 0.25) is 0 Å². The van der Waals surface area contributed by atoms with Crippen LogP contribution >= 0.6 is 11.8 Å². The second-order valence-corrected chi connectivity index (χ2v) is 5.29. The van der Waals surface area contributed by atoms with Gasteiger partial charge in [-0.15, -0.1) is 0 Å². The predicted octanol–water partition coefficient (Wildman–Crippen LogP) is 4.39. The molecule has 0 aromatic heterocycles. The molecule has 0 unspecified atom stereocenters. The molecule has 0 aliphatic rings. The molecule has 18 heavy (non-hydrogen) atoms. The molecule has 0 saturated carbocycles. The van der Waals surface area contributed by atoms with Gasteiger partial charge in [0, 0.05) is 15.8 Å². The van der Waals surface area contributed by atoms with Gasteiger partial charge in [0.25, 0.3) is 0 Å². The van der Waals surface area contributed by atoms with Crippen LogP contribution in [-0.4, -0.2) is 0 Å². The van der Waals surface area contributed by atoms with Gasteiger partial charge in [-0.05, 0) is 42.3 Å². The van der Waals surface area contributed by atoms with Gasteiger partial charge >= 0.3 is 0 Å². The molecule has 2 aromatic rings. The average Bonchev–Trinajstić information content (AvgIpc) is 2.39. The van der Waals surface area contributed by atoms with E-state index < -0.39 is 0 Å². The van der Waals surface area contributed by atoms with Gasteiger partial charge in [0.1, 0.15) is 5.82 Å². The van der Waals surface area contributed by atoms with E-state index in [1.807, 2.05) is 30.3 Å². The van der Waals surface area contributed by atoms with E-state index in [-0.39, 0.29) is 11.9 Å². The lowest BCUT2D eigenvalue weighted by Crippen LogP contribution is -2.07.